The van der Waals surface area contributed by atoms with Gasteiger partial charge in [0.1, 0.15) is 11.4 Å². The molecule has 0 aliphatic carbocycles. The van der Waals surface area contributed by atoms with E-state index in [0.717, 1.165) is 38.8 Å². The normalized spacial score (nSPS) is 21.4. The molecule has 8 nitrogen and oxygen atoms in total. The molecule has 2 fully saturated rings. The molecule has 2 aliphatic heterocycles. The van der Waals surface area contributed by atoms with Gasteiger partial charge in [-0.1, -0.05) is 0 Å². The average Bonchev–Trinajstić information content (AvgIpc) is 3.43. The van der Waals surface area contributed by atoms with Crippen LogP contribution in [0, 0.1) is 0 Å². The summed E-state index contributed by atoms with van der Waals surface area (Å²) in [6.45, 7) is 1.70. The molecule has 28 heavy (non-hydrogen) atoms. The molecule has 2 aromatic rings. The number of nitrogens with one attached hydrogen (secondary N) is 4. The van der Waals surface area contributed by atoms with E-state index in [9.17, 15) is 9.59 Å². The van der Waals surface area contributed by atoms with E-state index in [-0.39, 0.29) is 23.9 Å². The second-order valence-corrected chi connectivity index (χ2v) is 7.08. The third-order valence-corrected chi connectivity index (χ3v) is 5.11. The summed E-state index contributed by atoms with van der Waals surface area (Å²) in [6, 6.07) is 6.76. The van der Waals surface area contributed by atoms with Gasteiger partial charge in [-0.15, -0.1) is 0 Å². The third-order valence-electron chi connectivity index (χ3n) is 5.11. The first kappa shape index (κ1) is 18.5. The van der Waals surface area contributed by atoms with E-state index < -0.39 is 0 Å². The van der Waals surface area contributed by atoms with Crippen molar-refractivity contribution in [3.8, 4) is 11.4 Å². The number of rotatable bonds is 5. The molecule has 0 aromatic carbocycles. The fourth-order valence-corrected chi connectivity index (χ4v) is 3.65. The summed E-state index contributed by atoms with van der Waals surface area (Å²) < 4.78 is 0. The maximum atomic E-state index is 12.5. The standard InChI is InChI=1S/C20H24N6O2/c27-19(15-7-3-9-21-15)25-13-5-1-11-23-17(13)18-14(6-2-12-24-18)26-20(28)16-8-4-10-22-16/h1-2,5-6,11-12,15-16,21-22H,3-4,7-10H2,(H,25,27)(H,26,28). The number of anilines is 2. The maximum Gasteiger partial charge on any atom is 0.241 e. The van der Waals surface area contributed by atoms with Crippen molar-refractivity contribution in [2.24, 2.45) is 0 Å². The highest BCUT2D eigenvalue weighted by Gasteiger charge is 2.25. The zero-order chi connectivity index (χ0) is 19.3. The van der Waals surface area contributed by atoms with E-state index in [2.05, 4.69) is 31.2 Å². The fourth-order valence-electron chi connectivity index (χ4n) is 3.65. The number of carbonyl (C=O) groups excluding carboxylic acids is 2. The molecule has 0 spiro atoms. The first-order valence-electron chi connectivity index (χ1n) is 9.71. The molecule has 4 heterocycles. The molecule has 0 saturated carbocycles. The largest absolute Gasteiger partial charge is 0.323 e. The predicted octanol–water partition coefficient (Wildman–Crippen LogP) is 1.52. The Labute approximate surface area is 163 Å². The molecule has 2 amide bonds. The van der Waals surface area contributed by atoms with Gasteiger partial charge in [0.05, 0.1) is 23.5 Å². The number of pyridine rings is 2. The Hall–Kier alpha value is -2.84. The Morgan fingerprint density at radius 2 is 1.29 bits per heavy atom. The molecule has 0 radical (unpaired) electrons. The lowest BCUT2D eigenvalue weighted by atomic mass is 10.1. The van der Waals surface area contributed by atoms with Crippen LogP contribution in [0.4, 0.5) is 11.4 Å². The number of amides is 2. The first-order chi connectivity index (χ1) is 13.7. The van der Waals surface area contributed by atoms with Crippen LogP contribution < -0.4 is 21.3 Å². The molecule has 2 unspecified atom stereocenters. The lowest BCUT2D eigenvalue weighted by Gasteiger charge is -2.16. The summed E-state index contributed by atoms with van der Waals surface area (Å²) in [5.41, 5.74) is 2.22. The van der Waals surface area contributed by atoms with Gasteiger partial charge in [0, 0.05) is 12.4 Å². The van der Waals surface area contributed by atoms with Gasteiger partial charge in [-0.25, -0.2) is 0 Å². The average molecular weight is 380 g/mol. The number of hydrogen-bond acceptors (Lipinski definition) is 6. The summed E-state index contributed by atoms with van der Waals surface area (Å²) in [4.78, 5) is 33.9. The number of hydrogen-bond donors (Lipinski definition) is 4. The maximum absolute atomic E-state index is 12.5. The highest BCUT2D eigenvalue weighted by atomic mass is 16.2. The summed E-state index contributed by atoms with van der Waals surface area (Å²) in [5, 5.41) is 12.3. The van der Waals surface area contributed by atoms with Crippen molar-refractivity contribution >= 4 is 23.2 Å². The summed E-state index contributed by atoms with van der Waals surface area (Å²) >= 11 is 0. The van der Waals surface area contributed by atoms with Crippen LogP contribution in [0.5, 0.6) is 0 Å². The van der Waals surface area contributed by atoms with Crippen LogP contribution in [-0.2, 0) is 9.59 Å². The molecule has 2 atom stereocenters. The van der Waals surface area contributed by atoms with E-state index in [1.165, 1.54) is 0 Å². The van der Waals surface area contributed by atoms with Gasteiger partial charge in [-0.2, -0.15) is 0 Å². The second-order valence-electron chi connectivity index (χ2n) is 7.08. The lowest BCUT2D eigenvalue weighted by Crippen LogP contribution is -2.36. The van der Waals surface area contributed by atoms with Crippen molar-refractivity contribution in [2.75, 3.05) is 23.7 Å². The minimum Gasteiger partial charge on any atom is -0.323 e. The lowest BCUT2D eigenvalue weighted by molar-refractivity contribution is -0.118. The quantitative estimate of drug-likeness (QED) is 0.626. The Morgan fingerprint density at radius 1 is 0.821 bits per heavy atom. The Bertz CT molecular complexity index is 788. The molecular formula is C20H24N6O2. The number of aromatic nitrogens is 2. The van der Waals surface area contributed by atoms with Crippen LogP contribution in [0.25, 0.3) is 11.4 Å². The molecule has 146 valence electrons. The van der Waals surface area contributed by atoms with Crippen LogP contribution in [0.2, 0.25) is 0 Å². The minimum absolute atomic E-state index is 0.0802. The topological polar surface area (TPSA) is 108 Å². The Balaban J connectivity index is 1.59. The molecule has 2 aliphatic rings. The first-order valence-corrected chi connectivity index (χ1v) is 9.71. The van der Waals surface area contributed by atoms with Crippen LogP contribution >= 0.6 is 0 Å². The summed E-state index contributed by atoms with van der Waals surface area (Å²) in [5.74, 6) is -0.160. The van der Waals surface area contributed by atoms with Gasteiger partial charge in [0.25, 0.3) is 0 Å². The predicted molar refractivity (Wildman–Crippen MR) is 107 cm³/mol. The SMILES string of the molecule is O=C(Nc1cccnc1-c1ncccc1NC(=O)C1CCCN1)C1CCCN1. The van der Waals surface area contributed by atoms with E-state index in [1.54, 1.807) is 36.7 Å². The molecular weight excluding hydrogens is 356 g/mol. The van der Waals surface area contributed by atoms with Crippen molar-refractivity contribution in [1.29, 1.82) is 0 Å². The molecule has 4 rings (SSSR count). The molecule has 0 bridgehead atoms. The van der Waals surface area contributed by atoms with Gasteiger partial charge in [-0.05, 0) is 63.0 Å². The monoisotopic (exact) mass is 380 g/mol. The summed E-state index contributed by atoms with van der Waals surface area (Å²) in [7, 11) is 0. The number of carbonyl (C=O) groups is 2. The second kappa shape index (κ2) is 8.45. The van der Waals surface area contributed by atoms with Crippen LogP contribution in [0.3, 0.4) is 0 Å². The van der Waals surface area contributed by atoms with Gasteiger partial charge < -0.3 is 21.3 Å². The van der Waals surface area contributed by atoms with E-state index in [1.807, 2.05) is 0 Å². The van der Waals surface area contributed by atoms with Crippen molar-refractivity contribution in [2.45, 2.75) is 37.8 Å². The van der Waals surface area contributed by atoms with E-state index in [0.29, 0.717) is 22.8 Å². The van der Waals surface area contributed by atoms with Crippen molar-refractivity contribution in [3.05, 3.63) is 36.7 Å². The van der Waals surface area contributed by atoms with Gasteiger partial charge in [0.15, 0.2) is 0 Å². The highest BCUT2D eigenvalue weighted by molar-refractivity contribution is 6.01. The fraction of sp³-hybridized carbons (Fsp3) is 0.400. The van der Waals surface area contributed by atoms with Crippen LogP contribution in [0.1, 0.15) is 25.7 Å². The minimum atomic E-state index is -0.190. The van der Waals surface area contributed by atoms with Gasteiger partial charge >= 0.3 is 0 Å². The zero-order valence-corrected chi connectivity index (χ0v) is 15.6. The smallest absolute Gasteiger partial charge is 0.241 e. The van der Waals surface area contributed by atoms with Crippen LogP contribution in [0.15, 0.2) is 36.7 Å². The Kier molecular flexibility index (Phi) is 5.59. The van der Waals surface area contributed by atoms with Crippen LogP contribution in [-0.4, -0.2) is 47.0 Å². The van der Waals surface area contributed by atoms with E-state index >= 15 is 0 Å². The zero-order valence-electron chi connectivity index (χ0n) is 15.6. The number of nitrogens with zero attached hydrogens (tertiary/aromatic N) is 2. The van der Waals surface area contributed by atoms with Gasteiger partial charge in [0.2, 0.25) is 11.8 Å². The van der Waals surface area contributed by atoms with Gasteiger partial charge in [-0.3, -0.25) is 19.6 Å². The highest BCUT2D eigenvalue weighted by Crippen LogP contribution is 2.30. The molecule has 4 N–H and O–H groups in total. The van der Waals surface area contributed by atoms with Crippen molar-refractivity contribution in [1.82, 2.24) is 20.6 Å². The van der Waals surface area contributed by atoms with Crippen molar-refractivity contribution < 1.29 is 9.59 Å². The molecule has 2 aromatic heterocycles. The molecule has 2 saturated heterocycles. The third kappa shape index (κ3) is 4.02. The molecule has 8 heteroatoms. The van der Waals surface area contributed by atoms with Crippen molar-refractivity contribution in [3.63, 3.8) is 0 Å². The Morgan fingerprint density at radius 3 is 1.68 bits per heavy atom. The van der Waals surface area contributed by atoms with E-state index in [4.69, 9.17) is 0 Å². The summed E-state index contributed by atoms with van der Waals surface area (Å²) in [6.07, 6.45) is 6.92.